The predicted molar refractivity (Wildman–Crippen MR) is 70.7 cm³/mol. The summed E-state index contributed by atoms with van der Waals surface area (Å²) < 4.78 is 29.1. The molecule has 0 bridgehead atoms. The van der Waals surface area contributed by atoms with Crippen LogP contribution in [0.3, 0.4) is 0 Å². The van der Waals surface area contributed by atoms with E-state index in [9.17, 15) is 8.42 Å². The third-order valence-electron chi connectivity index (χ3n) is 2.26. The Hall–Kier alpha value is -0.590. The first kappa shape index (κ1) is 14.5. The van der Waals surface area contributed by atoms with Gasteiger partial charge in [-0.25, -0.2) is 13.6 Å². The average molecular weight is 322 g/mol. The van der Waals surface area contributed by atoms with Crippen LogP contribution in [0.15, 0.2) is 21.5 Å². The molecule has 17 heavy (non-hydrogen) atoms. The van der Waals surface area contributed by atoms with Gasteiger partial charge in [0.1, 0.15) is 10.6 Å². The zero-order valence-electron chi connectivity index (χ0n) is 9.86. The number of halogens is 1. The largest absolute Gasteiger partial charge is 0.492 e. The maximum absolute atomic E-state index is 11.5. The third kappa shape index (κ3) is 3.97. The fraction of sp³-hybridized carbons (Fsp3) is 0.455. The average Bonchev–Trinajstić information content (AvgIpc) is 2.19. The number of aryl methyl sites for hydroxylation is 1. The van der Waals surface area contributed by atoms with E-state index in [0.717, 1.165) is 18.4 Å². The number of nitrogens with two attached hydrogens (primary N) is 1. The van der Waals surface area contributed by atoms with Crippen molar-refractivity contribution in [2.24, 2.45) is 5.14 Å². The fourth-order valence-corrected chi connectivity index (χ4v) is 2.91. The Kier molecular flexibility index (Phi) is 4.97. The molecule has 0 aliphatic heterocycles. The van der Waals surface area contributed by atoms with Crippen LogP contribution in [-0.2, 0) is 10.0 Å². The monoisotopic (exact) mass is 321 g/mol. The van der Waals surface area contributed by atoms with Crippen molar-refractivity contribution < 1.29 is 13.2 Å². The van der Waals surface area contributed by atoms with Gasteiger partial charge in [0, 0.05) is 4.47 Å². The van der Waals surface area contributed by atoms with Gasteiger partial charge in [0.05, 0.1) is 6.61 Å². The van der Waals surface area contributed by atoms with Gasteiger partial charge in [-0.05, 0) is 31.0 Å². The lowest BCUT2D eigenvalue weighted by Crippen LogP contribution is -2.15. The van der Waals surface area contributed by atoms with Gasteiger partial charge in [-0.1, -0.05) is 29.3 Å². The Morgan fingerprint density at radius 2 is 2.06 bits per heavy atom. The molecule has 1 rings (SSSR count). The van der Waals surface area contributed by atoms with Crippen LogP contribution >= 0.6 is 15.9 Å². The van der Waals surface area contributed by atoms with Gasteiger partial charge in [-0.15, -0.1) is 0 Å². The Balaban J connectivity index is 3.17. The van der Waals surface area contributed by atoms with E-state index < -0.39 is 10.0 Å². The molecule has 0 atom stereocenters. The number of ether oxygens (including phenoxy) is 1. The molecule has 1 aromatic rings. The molecule has 1 aromatic carbocycles. The molecule has 0 unspecified atom stereocenters. The van der Waals surface area contributed by atoms with Crippen LogP contribution in [0.5, 0.6) is 5.75 Å². The van der Waals surface area contributed by atoms with Gasteiger partial charge in [0.15, 0.2) is 0 Å². The van der Waals surface area contributed by atoms with E-state index in [2.05, 4.69) is 15.9 Å². The molecule has 0 aliphatic rings. The molecule has 6 heteroatoms. The van der Waals surface area contributed by atoms with Gasteiger partial charge in [-0.2, -0.15) is 0 Å². The van der Waals surface area contributed by atoms with Gasteiger partial charge >= 0.3 is 0 Å². The van der Waals surface area contributed by atoms with Crippen LogP contribution in [0.4, 0.5) is 0 Å². The lowest BCUT2D eigenvalue weighted by molar-refractivity contribution is 0.299. The van der Waals surface area contributed by atoms with Gasteiger partial charge < -0.3 is 4.74 Å². The second kappa shape index (κ2) is 5.84. The number of rotatable bonds is 5. The molecule has 0 fully saturated rings. The maximum atomic E-state index is 11.5. The van der Waals surface area contributed by atoms with E-state index >= 15 is 0 Å². The van der Waals surface area contributed by atoms with Gasteiger partial charge in [0.2, 0.25) is 10.0 Å². The SMILES string of the molecule is CCCCOc1c(C)cc(Br)cc1S(N)(=O)=O. The van der Waals surface area contributed by atoms with Crippen LogP contribution in [0.2, 0.25) is 0 Å². The molecule has 0 amide bonds. The second-order valence-corrected chi connectivity index (χ2v) is 6.24. The molecule has 0 heterocycles. The summed E-state index contributed by atoms with van der Waals surface area (Å²) in [6.45, 7) is 4.32. The van der Waals surface area contributed by atoms with Crippen LogP contribution in [0.1, 0.15) is 25.3 Å². The standard InChI is InChI=1S/C11H16BrNO3S/c1-3-4-5-16-11-8(2)6-9(12)7-10(11)17(13,14)15/h6-7H,3-5H2,1-2H3,(H2,13,14,15). The summed E-state index contributed by atoms with van der Waals surface area (Å²) in [5.41, 5.74) is 0.750. The molecule has 96 valence electrons. The number of hydrogen-bond donors (Lipinski definition) is 1. The molecule has 0 saturated heterocycles. The number of unbranched alkanes of at least 4 members (excludes halogenated alkanes) is 1. The topological polar surface area (TPSA) is 69.4 Å². The molecular weight excluding hydrogens is 306 g/mol. The summed E-state index contributed by atoms with van der Waals surface area (Å²) in [6, 6.07) is 3.26. The minimum Gasteiger partial charge on any atom is -0.492 e. The maximum Gasteiger partial charge on any atom is 0.241 e. The summed E-state index contributed by atoms with van der Waals surface area (Å²) in [4.78, 5) is 0.0282. The number of sulfonamides is 1. The van der Waals surface area contributed by atoms with Crippen molar-refractivity contribution in [1.29, 1.82) is 0 Å². The van der Waals surface area contributed by atoms with E-state index in [1.54, 1.807) is 13.0 Å². The van der Waals surface area contributed by atoms with Gasteiger partial charge in [-0.3, -0.25) is 0 Å². The third-order valence-corrected chi connectivity index (χ3v) is 3.63. The van der Waals surface area contributed by atoms with Gasteiger partial charge in [0.25, 0.3) is 0 Å². The van der Waals surface area contributed by atoms with Crippen molar-refractivity contribution in [3.63, 3.8) is 0 Å². The molecule has 0 saturated carbocycles. The minimum absolute atomic E-state index is 0.0282. The Labute approximate surface area is 110 Å². The first-order valence-corrected chi connectivity index (χ1v) is 7.66. The highest BCUT2D eigenvalue weighted by molar-refractivity contribution is 9.10. The highest BCUT2D eigenvalue weighted by atomic mass is 79.9. The zero-order valence-corrected chi connectivity index (χ0v) is 12.3. The summed E-state index contributed by atoms with van der Waals surface area (Å²) in [5.74, 6) is 0.351. The highest BCUT2D eigenvalue weighted by Crippen LogP contribution is 2.31. The Bertz CT molecular complexity index is 500. The van der Waals surface area contributed by atoms with Crippen molar-refractivity contribution >= 4 is 26.0 Å². The van der Waals surface area contributed by atoms with Crippen LogP contribution in [0, 0.1) is 6.92 Å². The zero-order chi connectivity index (χ0) is 13.1. The van der Waals surface area contributed by atoms with Crippen molar-refractivity contribution in [2.45, 2.75) is 31.6 Å². The smallest absolute Gasteiger partial charge is 0.241 e. The summed E-state index contributed by atoms with van der Waals surface area (Å²) in [7, 11) is -3.77. The van der Waals surface area contributed by atoms with E-state index in [1.165, 1.54) is 6.07 Å². The van der Waals surface area contributed by atoms with E-state index in [4.69, 9.17) is 9.88 Å². The van der Waals surface area contributed by atoms with Crippen molar-refractivity contribution in [2.75, 3.05) is 6.61 Å². The van der Waals surface area contributed by atoms with Crippen molar-refractivity contribution in [3.05, 3.63) is 22.2 Å². The second-order valence-electron chi connectivity index (χ2n) is 3.80. The Morgan fingerprint density at radius 1 is 1.41 bits per heavy atom. The minimum atomic E-state index is -3.77. The molecule has 2 N–H and O–H groups in total. The number of hydrogen-bond acceptors (Lipinski definition) is 3. The first-order valence-electron chi connectivity index (χ1n) is 5.32. The molecule has 0 aliphatic carbocycles. The summed E-state index contributed by atoms with van der Waals surface area (Å²) in [5, 5.41) is 5.17. The first-order chi connectivity index (χ1) is 7.86. The number of benzene rings is 1. The lowest BCUT2D eigenvalue weighted by Gasteiger charge is -2.13. The van der Waals surface area contributed by atoms with Crippen molar-refractivity contribution in [1.82, 2.24) is 0 Å². The van der Waals surface area contributed by atoms with E-state index in [0.29, 0.717) is 16.8 Å². The molecule has 0 aromatic heterocycles. The molecular formula is C11H16BrNO3S. The highest BCUT2D eigenvalue weighted by Gasteiger charge is 2.18. The quantitative estimate of drug-likeness (QED) is 0.847. The van der Waals surface area contributed by atoms with Crippen molar-refractivity contribution in [3.8, 4) is 5.75 Å². The van der Waals surface area contributed by atoms with Crippen LogP contribution in [0.25, 0.3) is 0 Å². The fourth-order valence-electron chi connectivity index (χ4n) is 1.41. The molecule has 0 spiro atoms. The summed E-state index contributed by atoms with van der Waals surface area (Å²) in [6.07, 6.45) is 1.86. The predicted octanol–water partition coefficient (Wildman–Crippen LogP) is 2.58. The summed E-state index contributed by atoms with van der Waals surface area (Å²) >= 11 is 3.25. The molecule has 0 radical (unpaired) electrons. The lowest BCUT2D eigenvalue weighted by atomic mass is 10.2. The number of primary sulfonamides is 1. The van der Waals surface area contributed by atoms with Crippen LogP contribution < -0.4 is 9.88 Å². The van der Waals surface area contributed by atoms with E-state index in [-0.39, 0.29) is 4.90 Å². The normalized spacial score (nSPS) is 11.5. The molecule has 4 nitrogen and oxygen atoms in total. The van der Waals surface area contributed by atoms with E-state index in [1.807, 2.05) is 6.92 Å². The Morgan fingerprint density at radius 3 is 2.59 bits per heavy atom. The van der Waals surface area contributed by atoms with Crippen LogP contribution in [-0.4, -0.2) is 15.0 Å².